The summed E-state index contributed by atoms with van der Waals surface area (Å²) in [6.07, 6.45) is 4.26. The molecule has 1 fully saturated rings. The van der Waals surface area contributed by atoms with Gasteiger partial charge in [-0.2, -0.15) is 8.78 Å². The van der Waals surface area contributed by atoms with Crippen molar-refractivity contribution in [2.45, 2.75) is 29.6 Å². The van der Waals surface area contributed by atoms with Crippen molar-refractivity contribution in [3.8, 4) is 5.75 Å². The van der Waals surface area contributed by atoms with Crippen molar-refractivity contribution >= 4 is 15.7 Å². The Morgan fingerprint density at radius 1 is 1.11 bits per heavy atom. The topological polar surface area (TPSA) is 76.6 Å². The first kappa shape index (κ1) is 19.2. The summed E-state index contributed by atoms with van der Waals surface area (Å²) in [4.78, 5) is 17.5. The third kappa shape index (κ3) is 4.24. The fourth-order valence-electron chi connectivity index (χ4n) is 2.94. The van der Waals surface area contributed by atoms with E-state index in [1.54, 1.807) is 24.5 Å². The maximum atomic E-state index is 12.9. The zero-order chi connectivity index (χ0) is 19.4. The van der Waals surface area contributed by atoms with Crippen LogP contribution in [-0.4, -0.2) is 49.2 Å². The molecule has 0 atom stereocenters. The van der Waals surface area contributed by atoms with E-state index in [0.29, 0.717) is 31.7 Å². The van der Waals surface area contributed by atoms with Crippen molar-refractivity contribution in [1.82, 2.24) is 9.88 Å². The number of hydrogen-bond acceptors (Lipinski definition) is 5. The van der Waals surface area contributed by atoms with Gasteiger partial charge in [0.1, 0.15) is 11.9 Å². The molecule has 2 aromatic rings. The summed E-state index contributed by atoms with van der Waals surface area (Å²) in [6.45, 7) is 0.690. The van der Waals surface area contributed by atoms with Gasteiger partial charge in [0.2, 0.25) is 9.84 Å². The van der Waals surface area contributed by atoms with Crippen molar-refractivity contribution in [2.24, 2.45) is 0 Å². The van der Waals surface area contributed by atoms with Crippen LogP contribution in [0.4, 0.5) is 8.78 Å². The SMILES string of the molecule is O=C(c1ccccc1S(=O)(=O)C(F)F)N1CCC(Oc2ccncc2)CC1. The first-order valence-corrected chi connectivity index (χ1v) is 9.91. The molecule has 1 aromatic carbocycles. The number of pyridine rings is 1. The summed E-state index contributed by atoms with van der Waals surface area (Å²) in [5.41, 5.74) is -0.230. The maximum absolute atomic E-state index is 12.9. The molecule has 1 aliphatic heterocycles. The van der Waals surface area contributed by atoms with Crippen molar-refractivity contribution in [3.05, 3.63) is 54.4 Å². The van der Waals surface area contributed by atoms with Crippen LogP contribution in [0.15, 0.2) is 53.7 Å². The zero-order valence-corrected chi connectivity index (χ0v) is 15.1. The molecule has 6 nitrogen and oxygen atoms in total. The maximum Gasteiger partial charge on any atom is 0.341 e. The highest BCUT2D eigenvalue weighted by molar-refractivity contribution is 7.91. The number of alkyl halides is 2. The molecule has 144 valence electrons. The number of carbonyl (C=O) groups is 1. The van der Waals surface area contributed by atoms with E-state index in [1.807, 2.05) is 0 Å². The Balaban J connectivity index is 1.70. The second-order valence-corrected chi connectivity index (χ2v) is 7.98. The van der Waals surface area contributed by atoms with Crippen LogP contribution in [0.1, 0.15) is 23.2 Å². The molecule has 0 bridgehead atoms. The quantitative estimate of drug-likeness (QED) is 0.777. The molecule has 0 aliphatic carbocycles. The monoisotopic (exact) mass is 396 g/mol. The van der Waals surface area contributed by atoms with E-state index in [1.165, 1.54) is 23.1 Å². The number of nitrogens with zero attached hydrogens (tertiary/aromatic N) is 2. The van der Waals surface area contributed by atoms with Crippen LogP contribution >= 0.6 is 0 Å². The average Bonchev–Trinajstić information content (AvgIpc) is 2.69. The van der Waals surface area contributed by atoms with Gasteiger partial charge >= 0.3 is 5.76 Å². The largest absolute Gasteiger partial charge is 0.490 e. The van der Waals surface area contributed by atoms with Gasteiger partial charge in [0, 0.05) is 38.3 Å². The molecular weight excluding hydrogens is 378 g/mol. The first-order valence-electron chi connectivity index (χ1n) is 8.36. The molecule has 1 amide bonds. The molecule has 1 aliphatic rings. The standard InChI is InChI=1S/C18H18F2N2O4S/c19-18(20)27(24,25)16-4-2-1-3-15(16)17(23)22-11-7-14(8-12-22)26-13-5-9-21-10-6-13/h1-6,9-10,14,18H,7-8,11-12H2. The summed E-state index contributed by atoms with van der Waals surface area (Å²) in [5.74, 6) is -3.47. The molecule has 0 saturated carbocycles. The number of rotatable bonds is 5. The molecule has 3 rings (SSSR count). The molecule has 0 radical (unpaired) electrons. The number of ether oxygens (including phenoxy) is 1. The summed E-state index contributed by atoms with van der Waals surface area (Å²) in [7, 11) is -4.85. The van der Waals surface area contributed by atoms with Crippen molar-refractivity contribution in [2.75, 3.05) is 13.1 Å². The summed E-state index contributed by atoms with van der Waals surface area (Å²) in [5, 5.41) is 0. The highest BCUT2D eigenvalue weighted by Gasteiger charge is 2.33. The fourth-order valence-corrected chi connectivity index (χ4v) is 3.87. The second kappa shape index (κ2) is 7.99. The van der Waals surface area contributed by atoms with E-state index in [-0.39, 0.29) is 11.7 Å². The van der Waals surface area contributed by atoms with E-state index >= 15 is 0 Å². The molecule has 1 aromatic heterocycles. The van der Waals surface area contributed by atoms with Gasteiger partial charge in [-0.05, 0) is 24.3 Å². The number of hydrogen-bond donors (Lipinski definition) is 0. The van der Waals surface area contributed by atoms with Gasteiger partial charge in [-0.15, -0.1) is 0 Å². The Labute approximate surface area is 155 Å². The van der Waals surface area contributed by atoms with Gasteiger partial charge in [0.25, 0.3) is 5.91 Å². The van der Waals surface area contributed by atoms with Gasteiger partial charge in [0.05, 0.1) is 10.5 Å². The minimum absolute atomic E-state index is 0.0866. The third-order valence-corrected chi connectivity index (χ3v) is 5.78. The lowest BCUT2D eigenvalue weighted by Gasteiger charge is -2.32. The lowest BCUT2D eigenvalue weighted by molar-refractivity contribution is 0.0592. The Morgan fingerprint density at radius 2 is 1.74 bits per heavy atom. The van der Waals surface area contributed by atoms with Gasteiger partial charge < -0.3 is 9.64 Å². The number of sulfone groups is 1. The number of likely N-dealkylation sites (tertiary alicyclic amines) is 1. The van der Waals surface area contributed by atoms with Crippen LogP contribution < -0.4 is 4.74 Å². The van der Waals surface area contributed by atoms with E-state index in [0.717, 1.165) is 6.07 Å². The van der Waals surface area contributed by atoms with Crippen LogP contribution in [-0.2, 0) is 9.84 Å². The molecule has 0 spiro atoms. The average molecular weight is 396 g/mol. The number of halogens is 2. The number of benzene rings is 1. The van der Waals surface area contributed by atoms with Gasteiger partial charge in [0.15, 0.2) is 0 Å². The number of piperidine rings is 1. The van der Waals surface area contributed by atoms with E-state index in [2.05, 4.69) is 4.98 Å². The van der Waals surface area contributed by atoms with Gasteiger partial charge in [-0.1, -0.05) is 12.1 Å². The number of carbonyl (C=O) groups excluding carboxylic acids is 1. The minimum Gasteiger partial charge on any atom is -0.490 e. The number of amides is 1. The lowest BCUT2D eigenvalue weighted by atomic mass is 10.1. The summed E-state index contributed by atoms with van der Waals surface area (Å²) < 4.78 is 55.3. The van der Waals surface area contributed by atoms with Crippen LogP contribution in [0.3, 0.4) is 0 Å². The first-order chi connectivity index (χ1) is 12.9. The Kier molecular flexibility index (Phi) is 5.69. The van der Waals surface area contributed by atoms with Gasteiger partial charge in [-0.3, -0.25) is 9.78 Å². The highest BCUT2D eigenvalue weighted by Crippen LogP contribution is 2.25. The summed E-state index contributed by atoms with van der Waals surface area (Å²) in [6, 6.07) is 8.55. The molecule has 0 unspecified atom stereocenters. The van der Waals surface area contributed by atoms with Crippen LogP contribution in [0.25, 0.3) is 0 Å². The Bertz CT molecular complexity index is 899. The molecule has 1 saturated heterocycles. The van der Waals surface area contributed by atoms with Crippen molar-refractivity contribution in [1.29, 1.82) is 0 Å². The zero-order valence-electron chi connectivity index (χ0n) is 14.3. The van der Waals surface area contributed by atoms with Crippen LogP contribution in [0.2, 0.25) is 0 Å². The normalized spacial score (nSPS) is 15.7. The second-order valence-electron chi connectivity index (χ2n) is 6.09. The molecular formula is C18H18F2N2O4S. The molecule has 27 heavy (non-hydrogen) atoms. The predicted molar refractivity (Wildman–Crippen MR) is 93.4 cm³/mol. The highest BCUT2D eigenvalue weighted by atomic mass is 32.2. The van der Waals surface area contributed by atoms with E-state index in [9.17, 15) is 22.0 Å². The third-order valence-electron chi connectivity index (χ3n) is 4.34. The Morgan fingerprint density at radius 3 is 2.37 bits per heavy atom. The van der Waals surface area contributed by atoms with Gasteiger partial charge in [-0.25, -0.2) is 8.42 Å². The fraction of sp³-hybridized carbons (Fsp3) is 0.333. The van der Waals surface area contributed by atoms with Crippen LogP contribution in [0.5, 0.6) is 5.75 Å². The minimum atomic E-state index is -4.85. The smallest absolute Gasteiger partial charge is 0.341 e. The Hall–Kier alpha value is -2.55. The summed E-state index contributed by atoms with van der Waals surface area (Å²) >= 11 is 0. The molecule has 2 heterocycles. The van der Waals surface area contributed by atoms with E-state index < -0.39 is 26.4 Å². The van der Waals surface area contributed by atoms with Crippen molar-refractivity contribution in [3.63, 3.8) is 0 Å². The number of aromatic nitrogens is 1. The predicted octanol–water partition coefficient (Wildman–Crippen LogP) is 2.76. The molecule has 9 heteroatoms. The van der Waals surface area contributed by atoms with E-state index in [4.69, 9.17) is 4.74 Å². The molecule has 0 N–H and O–H groups in total. The lowest BCUT2D eigenvalue weighted by Crippen LogP contribution is -2.42. The van der Waals surface area contributed by atoms with Crippen LogP contribution in [0, 0.1) is 0 Å². The van der Waals surface area contributed by atoms with Crippen molar-refractivity contribution < 1.29 is 26.7 Å².